The summed E-state index contributed by atoms with van der Waals surface area (Å²) in [5.41, 5.74) is 6.29. The molecule has 0 radical (unpaired) electrons. The lowest BCUT2D eigenvalue weighted by Gasteiger charge is -2.30. The van der Waals surface area contributed by atoms with Crippen LogP contribution in [0.5, 0.6) is 0 Å². The van der Waals surface area contributed by atoms with Crippen LogP contribution in [0.2, 0.25) is 10.0 Å². The molecule has 0 bridgehead atoms. The van der Waals surface area contributed by atoms with Crippen LogP contribution >= 0.6 is 58.4 Å². The number of ether oxygens (including phenoxy) is 1. The van der Waals surface area contributed by atoms with Crippen molar-refractivity contribution in [3.8, 4) is 0 Å². The molecule has 7 atom stereocenters. The maximum absolute atomic E-state index is 13.0. The predicted molar refractivity (Wildman–Crippen MR) is 237 cm³/mol. The predicted octanol–water partition coefficient (Wildman–Crippen LogP) is 3.34. The number of nitrogen functional groups attached to an aromatic ring is 1. The number of fused-ring (bicyclic) bond motifs is 1. The molecular weight excluding hydrogens is 1000 g/mol. The van der Waals surface area contributed by atoms with Crippen LogP contribution in [0.25, 0.3) is 11.2 Å². The first kappa shape index (κ1) is 53.3. The van der Waals surface area contributed by atoms with E-state index >= 15 is 0 Å². The molecular formula is C35H45Cl2N8O17P3S. The van der Waals surface area contributed by atoms with Crippen molar-refractivity contribution in [3.05, 3.63) is 70.2 Å². The SMILES string of the molecule is Cc1ccc(Cl)c(Nc2ccccc2C(=O)SCCNC(=O)CCNC(=O)C(O)C(C)(C)COP(=O)(O)OP(=O)(O)OCC2OC(n3cnc4c(N)ncnc43)C(O)C2OP(=O)(O)O)c1Cl. The van der Waals surface area contributed by atoms with E-state index in [1.54, 1.807) is 36.4 Å². The molecule has 31 heteroatoms. The summed E-state index contributed by atoms with van der Waals surface area (Å²) >= 11 is 13.7. The quantitative estimate of drug-likeness (QED) is 0.0398. The van der Waals surface area contributed by atoms with E-state index in [1.165, 1.54) is 13.8 Å². The van der Waals surface area contributed by atoms with Crippen LogP contribution in [0.1, 0.15) is 42.4 Å². The van der Waals surface area contributed by atoms with Gasteiger partial charge in [0.1, 0.15) is 36.3 Å². The van der Waals surface area contributed by atoms with Crippen LogP contribution in [0.15, 0.2) is 49.1 Å². The fourth-order valence-electron chi connectivity index (χ4n) is 6.03. The number of aryl methyl sites for hydroxylation is 1. The summed E-state index contributed by atoms with van der Waals surface area (Å²) in [6, 6.07) is 10.2. The molecule has 1 aliphatic rings. The number of nitrogens with one attached hydrogen (secondary N) is 3. The number of para-hydroxylation sites is 1. The zero-order valence-electron chi connectivity index (χ0n) is 34.8. The highest BCUT2D eigenvalue weighted by Gasteiger charge is 2.50. The third-order valence-electron chi connectivity index (χ3n) is 9.43. The van der Waals surface area contributed by atoms with Crippen LogP contribution in [0.4, 0.5) is 17.2 Å². The van der Waals surface area contributed by atoms with Crippen molar-refractivity contribution in [1.82, 2.24) is 30.2 Å². The lowest BCUT2D eigenvalue weighted by Crippen LogP contribution is -2.46. The number of aliphatic hydroxyl groups is 2. The molecule has 1 fully saturated rings. The Balaban J connectivity index is 1.04. The zero-order chi connectivity index (χ0) is 48.8. The minimum absolute atomic E-state index is 0.0220. The Morgan fingerprint density at radius 3 is 2.41 bits per heavy atom. The van der Waals surface area contributed by atoms with Crippen molar-refractivity contribution in [2.24, 2.45) is 5.41 Å². The first-order valence-corrected chi connectivity index (χ1v) is 25.4. The highest BCUT2D eigenvalue weighted by Crippen LogP contribution is 2.61. The van der Waals surface area contributed by atoms with Gasteiger partial charge in [-0.15, -0.1) is 0 Å². The smallest absolute Gasteiger partial charge is 0.386 e. The Labute approximate surface area is 389 Å². The molecule has 7 unspecified atom stereocenters. The molecule has 25 nitrogen and oxygen atoms in total. The first-order chi connectivity index (χ1) is 30.8. The minimum atomic E-state index is -5.60. The van der Waals surface area contributed by atoms with E-state index in [0.717, 1.165) is 34.5 Å². The number of carbonyl (C=O) groups excluding carboxylic acids is 3. The monoisotopic (exact) mass is 1040 g/mol. The van der Waals surface area contributed by atoms with Gasteiger partial charge in [0.15, 0.2) is 17.7 Å². The van der Waals surface area contributed by atoms with Crippen LogP contribution in [0, 0.1) is 12.3 Å². The number of hydrogen-bond acceptors (Lipinski definition) is 19. The third kappa shape index (κ3) is 14.2. The molecule has 2 aromatic heterocycles. The van der Waals surface area contributed by atoms with Crippen LogP contribution in [0.3, 0.4) is 0 Å². The standard InChI is InChI=1S/C35H45Cl2N8O17P3S/c1-18-8-9-20(36)25(24(18)37)44-21-7-5-4-6-19(21)34(50)66-13-12-39-23(46)10-11-40-32(49)29(48)35(2,3)15-59-65(56,57)62-64(54,55)58-14-22-28(61-63(51,52)53)27(47)33(60-22)45-17-43-26-30(38)41-16-42-31(26)45/h4-9,16-17,22,27-29,33,44,47-48H,10-15H2,1-3H3,(H,39,46)(H,40,49)(H,54,55)(H,56,57)(H2,38,41,42)(H2,51,52,53). The number of carbonyl (C=O) groups is 3. The normalized spacial score (nSPS) is 20.0. The van der Waals surface area contributed by atoms with Crippen LogP contribution < -0.4 is 21.7 Å². The summed E-state index contributed by atoms with van der Waals surface area (Å²) in [5, 5.41) is 30.2. The molecule has 0 spiro atoms. The summed E-state index contributed by atoms with van der Waals surface area (Å²) in [6.07, 6.45) is -7.08. The number of nitrogens with zero attached hydrogens (tertiary/aromatic N) is 4. The van der Waals surface area contributed by atoms with Gasteiger partial charge in [-0.05, 0) is 30.7 Å². The number of thioether (sulfide) groups is 1. The van der Waals surface area contributed by atoms with Crippen LogP contribution in [-0.4, -0.2) is 123 Å². The summed E-state index contributed by atoms with van der Waals surface area (Å²) in [6.45, 7) is 2.08. The van der Waals surface area contributed by atoms with E-state index < -0.39 is 84.6 Å². The summed E-state index contributed by atoms with van der Waals surface area (Å²) in [4.78, 5) is 89.4. The number of aromatic nitrogens is 4. The molecule has 4 aromatic rings. The molecule has 1 aliphatic heterocycles. The molecule has 66 heavy (non-hydrogen) atoms. The second-order valence-corrected chi connectivity index (χ2v) is 21.0. The number of aliphatic hydroxyl groups excluding tert-OH is 2. The lowest BCUT2D eigenvalue weighted by molar-refractivity contribution is -0.137. The van der Waals surface area contributed by atoms with Crippen molar-refractivity contribution in [1.29, 1.82) is 0 Å². The molecule has 2 aromatic carbocycles. The Morgan fingerprint density at radius 1 is 1.00 bits per heavy atom. The minimum Gasteiger partial charge on any atom is -0.386 e. The van der Waals surface area contributed by atoms with E-state index in [2.05, 4.69) is 39.7 Å². The molecule has 2 amide bonds. The van der Waals surface area contributed by atoms with E-state index in [4.69, 9.17) is 42.7 Å². The Kier molecular flexibility index (Phi) is 17.9. The molecule has 3 heterocycles. The van der Waals surface area contributed by atoms with Gasteiger partial charge >= 0.3 is 23.5 Å². The fraction of sp³-hybridized carbons (Fsp3) is 0.429. The number of imidazole rings is 1. The third-order valence-corrected chi connectivity index (χ3v) is 14.2. The van der Waals surface area contributed by atoms with Gasteiger partial charge in [-0.25, -0.2) is 28.6 Å². The molecule has 5 rings (SSSR count). The number of halogens is 2. The summed E-state index contributed by atoms with van der Waals surface area (Å²) in [7, 11) is -16.5. The number of nitrogens with two attached hydrogens (primary N) is 1. The second kappa shape index (κ2) is 22.2. The number of phosphoric acid groups is 3. The van der Waals surface area contributed by atoms with Crippen molar-refractivity contribution in [2.75, 3.05) is 43.1 Å². The summed E-state index contributed by atoms with van der Waals surface area (Å²) in [5.74, 6) is -1.35. The number of rotatable bonds is 22. The highest BCUT2D eigenvalue weighted by atomic mass is 35.5. The van der Waals surface area contributed by atoms with Gasteiger partial charge in [0.25, 0.3) is 0 Å². The Morgan fingerprint density at radius 2 is 1.70 bits per heavy atom. The second-order valence-electron chi connectivity index (χ2n) is 14.9. The average Bonchev–Trinajstić information content (AvgIpc) is 3.80. The zero-order valence-corrected chi connectivity index (χ0v) is 39.8. The number of amides is 2. The van der Waals surface area contributed by atoms with E-state index in [1.807, 2.05) is 6.92 Å². The molecule has 1 saturated heterocycles. The topological polar surface area (TPSA) is 376 Å². The van der Waals surface area contributed by atoms with E-state index in [-0.39, 0.29) is 47.4 Å². The number of benzene rings is 2. The maximum Gasteiger partial charge on any atom is 0.481 e. The van der Waals surface area contributed by atoms with Gasteiger partial charge < -0.3 is 56.2 Å². The largest absolute Gasteiger partial charge is 0.481 e. The Bertz CT molecular complexity index is 2570. The summed E-state index contributed by atoms with van der Waals surface area (Å²) < 4.78 is 62.4. The Hall–Kier alpha value is -3.62. The maximum atomic E-state index is 13.0. The van der Waals surface area contributed by atoms with Gasteiger partial charge in [0.05, 0.1) is 46.5 Å². The fourth-order valence-corrected chi connectivity index (χ4v) is 10.0. The highest BCUT2D eigenvalue weighted by molar-refractivity contribution is 8.14. The van der Waals surface area contributed by atoms with Gasteiger partial charge in [-0.2, -0.15) is 4.31 Å². The molecule has 0 aliphatic carbocycles. The van der Waals surface area contributed by atoms with Crippen molar-refractivity contribution in [2.45, 2.75) is 57.8 Å². The molecule has 11 N–H and O–H groups in total. The van der Waals surface area contributed by atoms with Crippen LogP contribution in [-0.2, 0) is 45.9 Å². The number of phosphoric ester groups is 3. The van der Waals surface area contributed by atoms with Crippen molar-refractivity contribution in [3.63, 3.8) is 0 Å². The average molecular weight is 1050 g/mol. The number of anilines is 3. The van der Waals surface area contributed by atoms with Gasteiger partial charge in [-0.3, -0.25) is 32.5 Å². The molecule has 0 saturated carbocycles. The van der Waals surface area contributed by atoms with Gasteiger partial charge in [0.2, 0.25) is 16.9 Å². The molecule has 362 valence electrons. The van der Waals surface area contributed by atoms with E-state index in [0.29, 0.717) is 27.0 Å². The lowest BCUT2D eigenvalue weighted by atomic mass is 9.87. The van der Waals surface area contributed by atoms with Gasteiger partial charge in [0, 0.05) is 30.7 Å². The van der Waals surface area contributed by atoms with Gasteiger partial charge in [-0.1, -0.05) is 67.0 Å². The van der Waals surface area contributed by atoms with E-state index in [9.17, 15) is 57.9 Å². The van der Waals surface area contributed by atoms with Crippen molar-refractivity contribution >= 4 is 104 Å². The first-order valence-electron chi connectivity index (χ1n) is 19.2. The van der Waals surface area contributed by atoms with Crippen molar-refractivity contribution < 1.29 is 80.5 Å². The number of hydrogen-bond donors (Lipinski definition) is 10.